The zero-order valence-corrected chi connectivity index (χ0v) is 17.3. The number of piperidine rings is 1. The summed E-state index contributed by atoms with van der Waals surface area (Å²) in [5, 5.41) is 12.3. The number of rotatable bonds is 9. The number of thiophene rings is 1. The fraction of sp³-hybridized carbons (Fsp3) is 0.500. The van der Waals surface area contributed by atoms with Gasteiger partial charge in [-0.05, 0) is 48.8 Å². The number of nitrogens with zero attached hydrogens (tertiary/aromatic N) is 2. The van der Waals surface area contributed by atoms with Gasteiger partial charge in [0.1, 0.15) is 0 Å². The van der Waals surface area contributed by atoms with Gasteiger partial charge in [0.05, 0.1) is 11.5 Å². The molecule has 5 nitrogen and oxygen atoms in total. The Labute approximate surface area is 171 Å². The third-order valence-corrected chi connectivity index (χ3v) is 5.97. The number of benzene rings is 1. The van der Waals surface area contributed by atoms with E-state index in [2.05, 4.69) is 6.92 Å². The third-order valence-electron chi connectivity index (χ3n) is 5.11. The smallest absolute Gasteiger partial charge is 0.268 e. The van der Waals surface area contributed by atoms with E-state index >= 15 is 0 Å². The molecule has 0 spiro atoms. The van der Waals surface area contributed by atoms with Crippen LogP contribution in [0.25, 0.3) is 0 Å². The Morgan fingerprint density at radius 3 is 2.86 bits per heavy atom. The van der Waals surface area contributed by atoms with Crippen LogP contribution in [0.15, 0.2) is 47.8 Å². The van der Waals surface area contributed by atoms with Crippen molar-refractivity contribution in [1.29, 1.82) is 0 Å². The van der Waals surface area contributed by atoms with E-state index in [1.165, 1.54) is 11.3 Å². The van der Waals surface area contributed by atoms with E-state index in [-0.39, 0.29) is 5.91 Å². The van der Waals surface area contributed by atoms with Crippen LogP contribution in [0.1, 0.15) is 42.3 Å². The van der Waals surface area contributed by atoms with Gasteiger partial charge in [-0.15, -0.1) is 11.3 Å². The van der Waals surface area contributed by atoms with Crippen LogP contribution < -0.4 is 4.90 Å². The predicted octanol–water partition coefficient (Wildman–Crippen LogP) is 4.20. The molecule has 28 heavy (non-hydrogen) atoms. The van der Waals surface area contributed by atoms with Crippen molar-refractivity contribution in [3.8, 4) is 0 Å². The molecule has 3 rings (SSSR count). The lowest BCUT2D eigenvalue weighted by Gasteiger charge is -2.37. The molecule has 0 bridgehead atoms. The van der Waals surface area contributed by atoms with Gasteiger partial charge >= 0.3 is 0 Å². The van der Waals surface area contributed by atoms with Crippen LogP contribution in [0.2, 0.25) is 0 Å². The van der Waals surface area contributed by atoms with Crippen molar-refractivity contribution in [3.05, 3.63) is 52.7 Å². The molecule has 1 aliphatic heterocycles. The standard InChI is InChI=1S/C22H30N2O3S/c1-2-3-14-27-22(26)23-13-7-9-18(16-23)17-24(19-10-5-4-6-11-19)21(25)20-12-8-15-28-20/h4-6,8,10-12,15,18,22,26H,2-3,7,9,13-14,16-17H2,1H3. The first-order valence-corrected chi connectivity index (χ1v) is 11.0. The Balaban J connectivity index is 1.67. The van der Waals surface area contributed by atoms with Gasteiger partial charge in [0, 0.05) is 25.3 Å². The fourth-order valence-corrected chi connectivity index (χ4v) is 4.26. The molecule has 1 fully saturated rings. The van der Waals surface area contributed by atoms with Crippen molar-refractivity contribution in [1.82, 2.24) is 4.90 Å². The number of likely N-dealkylation sites (tertiary alicyclic amines) is 1. The number of carbonyl (C=O) groups excluding carboxylic acids is 1. The predicted molar refractivity (Wildman–Crippen MR) is 114 cm³/mol. The molecular formula is C22H30N2O3S. The molecule has 1 aromatic carbocycles. The first-order valence-electron chi connectivity index (χ1n) is 10.1. The minimum absolute atomic E-state index is 0.0399. The molecule has 1 aliphatic rings. The van der Waals surface area contributed by atoms with E-state index in [0.29, 0.717) is 19.1 Å². The van der Waals surface area contributed by atoms with E-state index in [9.17, 15) is 9.90 Å². The molecule has 2 unspecified atom stereocenters. The van der Waals surface area contributed by atoms with Gasteiger partial charge in [-0.1, -0.05) is 37.6 Å². The van der Waals surface area contributed by atoms with E-state index in [1.807, 2.05) is 57.6 Å². The third kappa shape index (κ3) is 5.64. The van der Waals surface area contributed by atoms with Crippen molar-refractivity contribution in [2.75, 3.05) is 31.1 Å². The number of anilines is 1. The van der Waals surface area contributed by atoms with Crippen LogP contribution in [-0.2, 0) is 4.74 Å². The molecule has 1 aromatic heterocycles. The summed E-state index contributed by atoms with van der Waals surface area (Å²) in [7, 11) is 0. The molecule has 2 heterocycles. The van der Waals surface area contributed by atoms with E-state index in [0.717, 1.165) is 49.3 Å². The second kappa shape index (κ2) is 10.7. The second-order valence-electron chi connectivity index (χ2n) is 7.28. The lowest BCUT2D eigenvalue weighted by Crippen LogP contribution is -2.47. The van der Waals surface area contributed by atoms with Crippen molar-refractivity contribution in [3.63, 3.8) is 0 Å². The molecule has 2 aromatic rings. The number of carbonyl (C=O) groups is 1. The van der Waals surface area contributed by atoms with Gasteiger partial charge in [0.15, 0.2) is 0 Å². The van der Waals surface area contributed by atoms with Crippen LogP contribution >= 0.6 is 11.3 Å². The number of aliphatic hydroxyl groups is 1. The van der Waals surface area contributed by atoms with Crippen molar-refractivity contribution >= 4 is 22.9 Å². The lowest BCUT2D eigenvalue weighted by atomic mass is 9.97. The number of ether oxygens (including phenoxy) is 1. The summed E-state index contributed by atoms with van der Waals surface area (Å²) in [6.45, 7) is 4.88. The quantitative estimate of drug-likeness (QED) is 0.505. The number of aliphatic hydroxyl groups excluding tert-OH is 1. The maximum absolute atomic E-state index is 13.1. The largest absolute Gasteiger partial charge is 0.356 e. The Morgan fingerprint density at radius 1 is 1.32 bits per heavy atom. The number of hydrogen-bond acceptors (Lipinski definition) is 5. The Kier molecular flexibility index (Phi) is 8.03. The SMILES string of the molecule is CCCCOC(O)N1CCCC(CN(C(=O)c2cccs2)c2ccccc2)C1. The Bertz CT molecular complexity index is 708. The lowest BCUT2D eigenvalue weighted by molar-refractivity contribution is -0.201. The normalized spacial score (nSPS) is 18.7. The molecule has 1 N–H and O–H groups in total. The fourth-order valence-electron chi connectivity index (χ4n) is 3.59. The van der Waals surface area contributed by atoms with Gasteiger partial charge in [0.2, 0.25) is 6.41 Å². The zero-order valence-electron chi connectivity index (χ0n) is 16.5. The number of amides is 1. The summed E-state index contributed by atoms with van der Waals surface area (Å²) in [5.41, 5.74) is 0.915. The first kappa shape index (κ1) is 21.0. The number of hydrogen-bond donors (Lipinski definition) is 1. The number of para-hydroxylation sites is 1. The average molecular weight is 403 g/mol. The molecule has 2 atom stereocenters. The first-order chi connectivity index (χ1) is 13.7. The van der Waals surface area contributed by atoms with Crippen molar-refractivity contribution < 1.29 is 14.6 Å². The minimum atomic E-state index is -0.854. The van der Waals surface area contributed by atoms with Gasteiger partial charge in [0.25, 0.3) is 5.91 Å². The number of unbranched alkanes of at least 4 members (excludes halogenated alkanes) is 1. The van der Waals surface area contributed by atoms with Crippen LogP contribution in [0.5, 0.6) is 0 Å². The summed E-state index contributed by atoms with van der Waals surface area (Å²) in [5.74, 6) is 0.334. The van der Waals surface area contributed by atoms with E-state index in [1.54, 1.807) is 0 Å². The Morgan fingerprint density at radius 2 is 2.14 bits per heavy atom. The zero-order chi connectivity index (χ0) is 19.8. The molecule has 1 saturated heterocycles. The molecule has 0 radical (unpaired) electrons. The summed E-state index contributed by atoms with van der Waals surface area (Å²) in [6, 6.07) is 13.6. The molecule has 6 heteroatoms. The highest BCUT2D eigenvalue weighted by Gasteiger charge is 2.29. The molecule has 0 aliphatic carbocycles. The average Bonchev–Trinajstić information content (AvgIpc) is 3.27. The van der Waals surface area contributed by atoms with E-state index in [4.69, 9.17) is 4.74 Å². The molecule has 0 saturated carbocycles. The molecule has 152 valence electrons. The van der Waals surface area contributed by atoms with Gasteiger partial charge in [-0.3, -0.25) is 9.69 Å². The monoisotopic (exact) mass is 402 g/mol. The molecular weight excluding hydrogens is 372 g/mol. The van der Waals surface area contributed by atoms with Crippen molar-refractivity contribution in [2.24, 2.45) is 5.92 Å². The summed E-state index contributed by atoms with van der Waals surface area (Å²) in [4.78, 5) is 17.7. The van der Waals surface area contributed by atoms with Crippen LogP contribution in [0.3, 0.4) is 0 Å². The topological polar surface area (TPSA) is 53.0 Å². The van der Waals surface area contributed by atoms with Gasteiger partial charge in [-0.25, -0.2) is 0 Å². The maximum Gasteiger partial charge on any atom is 0.268 e. The van der Waals surface area contributed by atoms with Crippen LogP contribution in [0.4, 0.5) is 5.69 Å². The van der Waals surface area contributed by atoms with Gasteiger partial charge < -0.3 is 14.7 Å². The summed E-state index contributed by atoms with van der Waals surface area (Å²) < 4.78 is 5.57. The van der Waals surface area contributed by atoms with E-state index < -0.39 is 6.41 Å². The minimum Gasteiger partial charge on any atom is -0.356 e. The van der Waals surface area contributed by atoms with Crippen molar-refractivity contribution in [2.45, 2.75) is 39.0 Å². The summed E-state index contributed by atoms with van der Waals surface area (Å²) >= 11 is 1.47. The van der Waals surface area contributed by atoms with Gasteiger partial charge in [-0.2, -0.15) is 0 Å². The summed E-state index contributed by atoms with van der Waals surface area (Å²) in [6.07, 6.45) is 3.18. The molecule has 1 amide bonds. The van der Waals surface area contributed by atoms with Crippen LogP contribution in [-0.4, -0.2) is 48.6 Å². The highest BCUT2D eigenvalue weighted by Crippen LogP contribution is 2.25. The highest BCUT2D eigenvalue weighted by molar-refractivity contribution is 7.12. The van der Waals surface area contributed by atoms with Crippen LogP contribution in [0, 0.1) is 5.92 Å². The maximum atomic E-state index is 13.1. The Hall–Kier alpha value is -1.73. The second-order valence-corrected chi connectivity index (χ2v) is 8.23. The highest BCUT2D eigenvalue weighted by atomic mass is 32.1.